The number of nitrogens with zero attached hydrogens (tertiary/aromatic N) is 2. The molecule has 0 radical (unpaired) electrons. The number of aromatic nitrogens is 3. The van der Waals surface area contributed by atoms with Gasteiger partial charge in [0.05, 0.1) is 19.0 Å². The van der Waals surface area contributed by atoms with Crippen LogP contribution >= 0.6 is 0 Å². The summed E-state index contributed by atoms with van der Waals surface area (Å²) in [5.41, 5.74) is 2.01. The van der Waals surface area contributed by atoms with E-state index in [1.807, 2.05) is 11.6 Å². The van der Waals surface area contributed by atoms with Crippen LogP contribution < -0.4 is 0 Å². The number of aromatic amines is 1. The highest BCUT2D eigenvalue weighted by Gasteiger charge is 2.11. The van der Waals surface area contributed by atoms with Crippen LogP contribution in [0.25, 0.3) is 11.2 Å². The van der Waals surface area contributed by atoms with Crippen molar-refractivity contribution >= 4 is 17.1 Å². The van der Waals surface area contributed by atoms with E-state index < -0.39 is 0 Å². The topological polar surface area (TPSA) is 59.9 Å². The van der Waals surface area contributed by atoms with Gasteiger partial charge in [-0.15, -0.1) is 0 Å². The Bertz CT molecular complexity index is 455. The number of hydrogen-bond donors (Lipinski definition) is 1. The Kier molecular flexibility index (Phi) is 1.58. The van der Waals surface area contributed by atoms with Gasteiger partial charge in [-0.05, 0) is 6.07 Å². The summed E-state index contributed by atoms with van der Waals surface area (Å²) in [5, 5.41) is 0. The predicted molar refractivity (Wildman–Crippen MR) is 46.4 cm³/mol. The van der Waals surface area contributed by atoms with Crippen LogP contribution in [-0.2, 0) is 11.8 Å². The lowest BCUT2D eigenvalue weighted by Crippen LogP contribution is -2.00. The van der Waals surface area contributed by atoms with Crippen molar-refractivity contribution in [2.45, 2.75) is 0 Å². The molecule has 0 aromatic carbocycles. The van der Waals surface area contributed by atoms with Gasteiger partial charge < -0.3 is 14.3 Å². The minimum absolute atomic E-state index is 0.377. The monoisotopic (exact) mass is 179 g/mol. The van der Waals surface area contributed by atoms with E-state index >= 15 is 0 Å². The Morgan fingerprint density at radius 2 is 2.46 bits per heavy atom. The van der Waals surface area contributed by atoms with Gasteiger partial charge in [-0.2, -0.15) is 0 Å². The molecule has 2 heterocycles. The average Bonchev–Trinajstić information content (AvgIpc) is 2.67. The number of aryl methyl sites for hydroxylation is 1. The molecule has 0 aliphatic heterocycles. The Labute approximate surface area is 74.3 Å². The normalized spacial score (nSPS) is 10.6. The lowest BCUT2D eigenvalue weighted by molar-refractivity contribution is 0.0595. The third kappa shape index (κ3) is 1.09. The quantitative estimate of drug-likeness (QED) is 0.655. The average molecular weight is 179 g/mol. The molecule has 0 aliphatic carbocycles. The van der Waals surface area contributed by atoms with E-state index in [2.05, 4.69) is 14.7 Å². The van der Waals surface area contributed by atoms with E-state index in [-0.39, 0.29) is 5.97 Å². The summed E-state index contributed by atoms with van der Waals surface area (Å²) in [4.78, 5) is 18.0. The molecule has 1 N–H and O–H groups in total. The number of carbonyl (C=O) groups is 1. The molecule has 0 fully saturated rings. The number of ether oxygens (including phenoxy) is 1. The molecule has 0 unspecified atom stereocenters. The van der Waals surface area contributed by atoms with Crippen LogP contribution in [0.2, 0.25) is 0 Å². The van der Waals surface area contributed by atoms with E-state index in [4.69, 9.17) is 0 Å². The van der Waals surface area contributed by atoms with Crippen LogP contribution in [-0.4, -0.2) is 27.6 Å². The van der Waals surface area contributed by atoms with Crippen LogP contribution in [0.3, 0.4) is 0 Å². The van der Waals surface area contributed by atoms with Crippen LogP contribution in [0, 0.1) is 0 Å². The number of fused-ring (bicyclic) bond motifs is 1. The number of esters is 1. The zero-order chi connectivity index (χ0) is 9.42. The number of methoxy groups -OCH3 is 1. The van der Waals surface area contributed by atoms with Gasteiger partial charge in [-0.3, -0.25) is 0 Å². The third-order valence-electron chi connectivity index (χ3n) is 1.92. The Morgan fingerprint density at radius 3 is 3.08 bits per heavy atom. The first-order valence-electron chi connectivity index (χ1n) is 3.80. The van der Waals surface area contributed by atoms with Crippen molar-refractivity contribution in [3.8, 4) is 0 Å². The number of nitrogens with one attached hydrogen (secondary N) is 1. The van der Waals surface area contributed by atoms with Gasteiger partial charge in [0.25, 0.3) is 0 Å². The molecule has 0 aliphatic rings. The lowest BCUT2D eigenvalue weighted by Gasteiger charge is -1.92. The van der Waals surface area contributed by atoms with Crippen molar-refractivity contribution in [3.05, 3.63) is 18.1 Å². The fraction of sp³-hybridized carbons (Fsp3) is 0.250. The summed E-state index contributed by atoms with van der Waals surface area (Å²) in [7, 11) is 3.21. The van der Waals surface area contributed by atoms with E-state index in [0.717, 1.165) is 5.52 Å². The maximum absolute atomic E-state index is 11.1. The summed E-state index contributed by atoms with van der Waals surface area (Å²) >= 11 is 0. The first-order valence-corrected chi connectivity index (χ1v) is 3.80. The first-order chi connectivity index (χ1) is 6.22. The smallest absolute Gasteiger partial charge is 0.354 e. The van der Waals surface area contributed by atoms with E-state index in [9.17, 15) is 4.79 Å². The fourth-order valence-corrected chi connectivity index (χ4v) is 1.23. The molecule has 68 valence electrons. The predicted octanol–water partition coefficient (Wildman–Crippen LogP) is 0.688. The highest BCUT2D eigenvalue weighted by Crippen LogP contribution is 2.13. The second-order valence-electron chi connectivity index (χ2n) is 2.76. The number of imidazole rings is 1. The van der Waals surface area contributed by atoms with Gasteiger partial charge in [-0.1, -0.05) is 0 Å². The van der Waals surface area contributed by atoms with Gasteiger partial charge in [0.2, 0.25) is 0 Å². The van der Waals surface area contributed by atoms with E-state index in [1.165, 1.54) is 7.11 Å². The van der Waals surface area contributed by atoms with Crippen molar-refractivity contribution in [2.24, 2.45) is 7.05 Å². The molecular formula is C8H9N3O2. The molecule has 0 spiro atoms. The van der Waals surface area contributed by atoms with Gasteiger partial charge in [0.15, 0.2) is 5.65 Å². The maximum atomic E-state index is 11.1. The number of carbonyl (C=O) groups excluding carboxylic acids is 1. The summed E-state index contributed by atoms with van der Waals surface area (Å²) < 4.78 is 6.40. The maximum Gasteiger partial charge on any atom is 0.354 e. The molecule has 5 heteroatoms. The molecule has 0 bridgehead atoms. The van der Waals surface area contributed by atoms with Crippen molar-refractivity contribution in [3.63, 3.8) is 0 Å². The van der Waals surface area contributed by atoms with Gasteiger partial charge in [0, 0.05) is 7.05 Å². The molecule has 0 amide bonds. The van der Waals surface area contributed by atoms with Gasteiger partial charge in [-0.25, -0.2) is 9.78 Å². The molecule has 2 aromatic heterocycles. The SMILES string of the molecule is COC(=O)c1cc2c(ncn2C)[nH]1. The molecule has 0 saturated carbocycles. The third-order valence-corrected chi connectivity index (χ3v) is 1.92. The molecule has 13 heavy (non-hydrogen) atoms. The Balaban J connectivity index is 2.56. The molecule has 2 rings (SSSR count). The summed E-state index contributed by atoms with van der Waals surface area (Å²) in [6, 6.07) is 1.72. The minimum atomic E-state index is -0.377. The van der Waals surface area contributed by atoms with E-state index in [1.54, 1.807) is 12.4 Å². The lowest BCUT2D eigenvalue weighted by atomic mass is 10.4. The van der Waals surface area contributed by atoms with E-state index in [0.29, 0.717) is 11.3 Å². The number of H-pyrrole nitrogens is 1. The van der Waals surface area contributed by atoms with Crippen LogP contribution in [0.5, 0.6) is 0 Å². The summed E-state index contributed by atoms with van der Waals surface area (Å²) in [5.74, 6) is -0.377. The number of rotatable bonds is 1. The van der Waals surface area contributed by atoms with Crippen LogP contribution in [0.1, 0.15) is 10.5 Å². The summed E-state index contributed by atoms with van der Waals surface area (Å²) in [6.07, 6.45) is 1.68. The van der Waals surface area contributed by atoms with Gasteiger partial charge >= 0.3 is 5.97 Å². The molecule has 0 atom stereocenters. The highest BCUT2D eigenvalue weighted by molar-refractivity contribution is 5.92. The van der Waals surface area contributed by atoms with Crippen molar-refractivity contribution in [2.75, 3.05) is 7.11 Å². The second kappa shape index (κ2) is 2.62. The van der Waals surface area contributed by atoms with Gasteiger partial charge in [0.1, 0.15) is 5.69 Å². The number of hydrogen-bond acceptors (Lipinski definition) is 3. The fourth-order valence-electron chi connectivity index (χ4n) is 1.23. The second-order valence-corrected chi connectivity index (χ2v) is 2.76. The zero-order valence-electron chi connectivity index (χ0n) is 7.37. The van der Waals surface area contributed by atoms with Crippen molar-refractivity contribution in [1.82, 2.24) is 14.5 Å². The Hall–Kier alpha value is -1.78. The Morgan fingerprint density at radius 1 is 1.69 bits per heavy atom. The molecule has 2 aromatic rings. The van der Waals surface area contributed by atoms with Crippen molar-refractivity contribution < 1.29 is 9.53 Å². The largest absolute Gasteiger partial charge is 0.464 e. The minimum Gasteiger partial charge on any atom is -0.464 e. The van der Waals surface area contributed by atoms with Crippen LogP contribution in [0.4, 0.5) is 0 Å². The standard InChI is InChI=1S/C8H9N3O2/c1-11-4-9-7-6(11)3-5(10-7)8(12)13-2/h3-4,10H,1-2H3. The summed E-state index contributed by atoms with van der Waals surface area (Å²) in [6.45, 7) is 0. The van der Waals surface area contributed by atoms with Crippen molar-refractivity contribution in [1.29, 1.82) is 0 Å². The molecular weight excluding hydrogens is 170 g/mol. The highest BCUT2D eigenvalue weighted by atomic mass is 16.5. The zero-order valence-corrected chi connectivity index (χ0v) is 7.37. The molecule has 5 nitrogen and oxygen atoms in total. The molecule has 0 saturated heterocycles. The first kappa shape index (κ1) is 7.85. The van der Waals surface area contributed by atoms with Crippen LogP contribution in [0.15, 0.2) is 12.4 Å².